The summed E-state index contributed by atoms with van der Waals surface area (Å²) in [5.41, 5.74) is 5.34. The summed E-state index contributed by atoms with van der Waals surface area (Å²) in [6.07, 6.45) is 1.63. The van der Waals surface area contributed by atoms with E-state index in [4.69, 9.17) is 9.47 Å². The number of ether oxygens (including phenoxy) is 2. The number of anilines is 1. The minimum Gasteiger partial charge on any atom is -0.490 e. The van der Waals surface area contributed by atoms with Gasteiger partial charge in [-0.05, 0) is 64.8 Å². The fourth-order valence-corrected chi connectivity index (χ4v) is 3.30. The van der Waals surface area contributed by atoms with E-state index in [0.717, 1.165) is 20.1 Å². The molecule has 0 saturated heterocycles. The molecule has 160 valence electrons. The molecule has 0 fully saturated rings. The lowest BCUT2D eigenvalue weighted by Gasteiger charge is -2.14. The first kappa shape index (κ1) is 22.8. The molecule has 0 bridgehead atoms. The van der Waals surface area contributed by atoms with Crippen molar-refractivity contribution in [2.24, 2.45) is 5.10 Å². The molecule has 3 rings (SSSR count). The topological polar surface area (TPSA) is 86.0 Å². The molecular weight excluding hydrogens is 530 g/mol. The summed E-state index contributed by atoms with van der Waals surface area (Å²) in [4.78, 5) is 10.3. The second-order valence-electron chi connectivity index (χ2n) is 6.34. The Labute approximate surface area is 196 Å². The van der Waals surface area contributed by atoms with Crippen molar-refractivity contribution in [2.45, 2.75) is 13.5 Å². The predicted octanol–water partition coefficient (Wildman–Crippen LogP) is 6.54. The first-order chi connectivity index (χ1) is 15.0. The first-order valence-corrected chi connectivity index (χ1v) is 10.9. The molecule has 0 saturated carbocycles. The summed E-state index contributed by atoms with van der Waals surface area (Å²) in [6.45, 7) is 2.81. The molecule has 0 aliphatic rings. The third kappa shape index (κ3) is 6.53. The molecule has 0 spiro atoms. The van der Waals surface area contributed by atoms with Gasteiger partial charge < -0.3 is 9.47 Å². The molecule has 0 radical (unpaired) electrons. The number of hydrogen-bond acceptors (Lipinski definition) is 6. The Bertz CT molecular complexity index is 1070. The van der Waals surface area contributed by atoms with Crippen molar-refractivity contribution in [1.29, 1.82) is 0 Å². The van der Waals surface area contributed by atoms with Crippen LogP contribution in [0.4, 0.5) is 11.4 Å². The molecular formula is C22H19Br2N3O4. The van der Waals surface area contributed by atoms with E-state index in [2.05, 4.69) is 42.4 Å². The quantitative estimate of drug-likeness (QED) is 0.186. The van der Waals surface area contributed by atoms with Crippen molar-refractivity contribution < 1.29 is 14.4 Å². The van der Waals surface area contributed by atoms with E-state index in [1.807, 2.05) is 43.3 Å². The summed E-state index contributed by atoms with van der Waals surface area (Å²) in [7, 11) is 0. The lowest BCUT2D eigenvalue weighted by atomic mass is 10.2. The highest BCUT2D eigenvalue weighted by Crippen LogP contribution is 2.34. The molecule has 3 aromatic rings. The zero-order chi connectivity index (χ0) is 22.2. The number of halogens is 2. The van der Waals surface area contributed by atoms with Crippen LogP contribution in [0.1, 0.15) is 18.1 Å². The van der Waals surface area contributed by atoms with Gasteiger partial charge in [0.05, 0.1) is 23.4 Å². The highest BCUT2D eigenvalue weighted by molar-refractivity contribution is 9.10. The second-order valence-corrected chi connectivity index (χ2v) is 8.11. The van der Waals surface area contributed by atoms with Gasteiger partial charge in [0.15, 0.2) is 11.5 Å². The van der Waals surface area contributed by atoms with Crippen molar-refractivity contribution in [2.75, 3.05) is 12.0 Å². The van der Waals surface area contributed by atoms with Crippen molar-refractivity contribution in [3.8, 4) is 11.5 Å². The Balaban J connectivity index is 1.71. The van der Waals surface area contributed by atoms with Crippen LogP contribution < -0.4 is 14.9 Å². The third-order valence-electron chi connectivity index (χ3n) is 4.15. The van der Waals surface area contributed by atoms with Crippen LogP contribution in [-0.2, 0) is 6.61 Å². The number of nitrogens with one attached hydrogen (secondary N) is 1. The molecule has 1 N–H and O–H groups in total. The summed E-state index contributed by atoms with van der Waals surface area (Å²) in [6, 6.07) is 17.6. The zero-order valence-corrected chi connectivity index (χ0v) is 19.7. The largest absolute Gasteiger partial charge is 0.490 e. The van der Waals surface area contributed by atoms with Crippen LogP contribution in [-0.4, -0.2) is 17.7 Å². The SMILES string of the molecule is CCOc1cc(/C=N/Nc2ccc([N+](=O)[O-])cc2)c(Br)cc1OCc1ccc(Br)cc1. The van der Waals surface area contributed by atoms with Gasteiger partial charge in [-0.3, -0.25) is 15.5 Å². The molecule has 0 aliphatic heterocycles. The molecule has 0 heterocycles. The summed E-state index contributed by atoms with van der Waals surface area (Å²) in [5, 5.41) is 14.9. The van der Waals surface area contributed by atoms with Crippen LogP contribution in [0.3, 0.4) is 0 Å². The number of nitro groups is 1. The molecule has 9 heteroatoms. The number of rotatable bonds is 9. The highest BCUT2D eigenvalue weighted by atomic mass is 79.9. The average molecular weight is 549 g/mol. The van der Waals surface area contributed by atoms with Crippen molar-refractivity contribution in [1.82, 2.24) is 0 Å². The van der Waals surface area contributed by atoms with Gasteiger partial charge in [0.2, 0.25) is 0 Å². The van der Waals surface area contributed by atoms with Gasteiger partial charge in [-0.2, -0.15) is 5.10 Å². The van der Waals surface area contributed by atoms with Crippen LogP contribution in [0, 0.1) is 10.1 Å². The fourth-order valence-electron chi connectivity index (χ4n) is 2.61. The normalized spacial score (nSPS) is 10.8. The van der Waals surface area contributed by atoms with Gasteiger partial charge in [-0.15, -0.1) is 0 Å². The monoisotopic (exact) mass is 547 g/mol. The second kappa shape index (κ2) is 10.9. The Kier molecular flexibility index (Phi) is 8.02. The number of benzene rings is 3. The molecule has 0 atom stereocenters. The Morgan fingerprint density at radius 3 is 2.35 bits per heavy atom. The molecule has 0 unspecified atom stereocenters. The Morgan fingerprint density at radius 1 is 1.03 bits per heavy atom. The van der Waals surface area contributed by atoms with Gasteiger partial charge in [0.25, 0.3) is 5.69 Å². The van der Waals surface area contributed by atoms with E-state index in [0.29, 0.717) is 30.4 Å². The van der Waals surface area contributed by atoms with Crippen molar-refractivity contribution >= 4 is 49.4 Å². The highest BCUT2D eigenvalue weighted by Gasteiger charge is 2.11. The summed E-state index contributed by atoms with van der Waals surface area (Å²) >= 11 is 6.97. The van der Waals surface area contributed by atoms with Crippen LogP contribution >= 0.6 is 31.9 Å². The zero-order valence-electron chi connectivity index (χ0n) is 16.5. The van der Waals surface area contributed by atoms with Gasteiger partial charge in [-0.1, -0.05) is 28.1 Å². The van der Waals surface area contributed by atoms with Crippen molar-refractivity contribution in [3.05, 3.63) is 90.9 Å². The Morgan fingerprint density at radius 2 is 1.71 bits per heavy atom. The maximum atomic E-state index is 10.7. The van der Waals surface area contributed by atoms with Crippen LogP contribution in [0.5, 0.6) is 11.5 Å². The van der Waals surface area contributed by atoms with E-state index >= 15 is 0 Å². The fraction of sp³-hybridized carbons (Fsp3) is 0.136. The lowest BCUT2D eigenvalue weighted by molar-refractivity contribution is -0.384. The minimum atomic E-state index is -0.445. The van der Waals surface area contributed by atoms with Gasteiger partial charge in [0.1, 0.15) is 6.61 Å². The first-order valence-electron chi connectivity index (χ1n) is 9.33. The molecule has 0 aromatic heterocycles. The maximum Gasteiger partial charge on any atom is 0.269 e. The molecule has 0 aliphatic carbocycles. The molecule has 3 aromatic carbocycles. The Hall–Kier alpha value is -2.91. The van der Waals surface area contributed by atoms with Gasteiger partial charge in [0, 0.05) is 26.6 Å². The standard InChI is InChI=1S/C22H19Br2N3O4/c1-2-30-21-11-16(13-25-26-18-7-9-19(10-8-18)27(28)29)20(24)12-22(21)31-14-15-3-5-17(23)6-4-15/h3-13,26H,2,14H2,1H3/b25-13+. The van der Waals surface area contributed by atoms with Crippen LogP contribution in [0.25, 0.3) is 0 Å². The van der Waals surface area contributed by atoms with E-state index in [1.165, 1.54) is 12.1 Å². The van der Waals surface area contributed by atoms with Crippen molar-refractivity contribution in [3.63, 3.8) is 0 Å². The average Bonchev–Trinajstić information content (AvgIpc) is 2.76. The van der Waals surface area contributed by atoms with Gasteiger partial charge in [-0.25, -0.2) is 0 Å². The van der Waals surface area contributed by atoms with E-state index < -0.39 is 4.92 Å². The number of non-ortho nitro benzene ring substituents is 1. The summed E-state index contributed by atoms with van der Waals surface area (Å²) in [5.74, 6) is 1.23. The van der Waals surface area contributed by atoms with E-state index in [1.54, 1.807) is 18.3 Å². The molecule has 0 amide bonds. The number of nitrogens with zero attached hydrogens (tertiary/aromatic N) is 2. The van der Waals surface area contributed by atoms with Crippen LogP contribution in [0.2, 0.25) is 0 Å². The minimum absolute atomic E-state index is 0.0253. The number of nitro benzene ring substituents is 1. The van der Waals surface area contributed by atoms with Gasteiger partial charge >= 0.3 is 0 Å². The van der Waals surface area contributed by atoms with E-state index in [-0.39, 0.29) is 5.69 Å². The van der Waals surface area contributed by atoms with E-state index in [9.17, 15) is 10.1 Å². The number of hydrogen-bond donors (Lipinski definition) is 1. The van der Waals surface area contributed by atoms with Crippen LogP contribution in [0.15, 0.2) is 74.7 Å². The predicted molar refractivity (Wildman–Crippen MR) is 128 cm³/mol. The lowest BCUT2D eigenvalue weighted by Crippen LogP contribution is -2.01. The smallest absolute Gasteiger partial charge is 0.269 e. The summed E-state index contributed by atoms with van der Waals surface area (Å²) < 4.78 is 13.5. The molecule has 31 heavy (non-hydrogen) atoms. The third-order valence-corrected chi connectivity index (χ3v) is 5.36. The maximum absolute atomic E-state index is 10.7. The molecule has 7 nitrogen and oxygen atoms in total. The number of hydrazone groups is 1.